The summed E-state index contributed by atoms with van der Waals surface area (Å²) >= 11 is 0. The molecule has 1 aliphatic heterocycles. The van der Waals surface area contributed by atoms with E-state index in [2.05, 4.69) is 0 Å². The van der Waals surface area contributed by atoms with Crippen molar-refractivity contribution in [2.24, 2.45) is 0 Å². The Morgan fingerprint density at radius 1 is 1.25 bits per heavy atom. The number of amides is 1. The lowest BCUT2D eigenvalue weighted by Gasteiger charge is -2.27. The average molecular weight is 332 g/mol. The van der Waals surface area contributed by atoms with E-state index in [4.69, 9.17) is 4.74 Å². The molecule has 0 spiro atoms. The first-order valence-corrected chi connectivity index (χ1v) is 8.47. The zero-order chi connectivity index (χ0) is 17.1. The van der Waals surface area contributed by atoms with Gasteiger partial charge in [-0.15, -0.1) is 0 Å². The number of carbonyl (C=O) groups excluding carboxylic acids is 1. The van der Waals surface area contributed by atoms with Gasteiger partial charge in [-0.1, -0.05) is 12.1 Å². The number of aliphatic carboxylic acids is 1. The molecule has 0 radical (unpaired) electrons. The summed E-state index contributed by atoms with van der Waals surface area (Å²) in [5, 5.41) is 9.26. The second-order valence-corrected chi connectivity index (χ2v) is 6.57. The Morgan fingerprint density at radius 3 is 2.54 bits per heavy atom. The highest BCUT2D eigenvalue weighted by molar-refractivity contribution is 5.81. The van der Waals surface area contributed by atoms with Gasteiger partial charge >= 0.3 is 5.97 Å². The first kappa shape index (κ1) is 16.8. The van der Waals surface area contributed by atoms with Gasteiger partial charge in [0.25, 0.3) is 0 Å². The smallest absolute Gasteiger partial charge is 0.320 e. The van der Waals surface area contributed by atoms with Crippen molar-refractivity contribution in [3.63, 3.8) is 0 Å². The van der Waals surface area contributed by atoms with E-state index in [0.717, 1.165) is 30.6 Å². The van der Waals surface area contributed by atoms with Crippen LogP contribution < -0.4 is 4.74 Å². The van der Waals surface area contributed by atoms with Gasteiger partial charge in [0.1, 0.15) is 11.8 Å². The van der Waals surface area contributed by atoms with E-state index in [1.807, 2.05) is 29.2 Å². The SMILES string of the molecule is COc1ccc(CN(C(=O)CN2CCC[C@@H]2C(=O)O)C2CC2)cc1. The first-order chi connectivity index (χ1) is 11.6. The van der Waals surface area contributed by atoms with Gasteiger partial charge in [0, 0.05) is 12.6 Å². The Hall–Kier alpha value is -2.08. The number of rotatable bonds is 7. The normalized spacial score (nSPS) is 20.8. The summed E-state index contributed by atoms with van der Waals surface area (Å²) in [6.07, 6.45) is 3.53. The van der Waals surface area contributed by atoms with Crippen LogP contribution in [0.1, 0.15) is 31.2 Å². The minimum Gasteiger partial charge on any atom is -0.497 e. The molecule has 1 aromatic carbocycles. The molecule has 6 nitrogen and oxygen atoms in total. The molecule has 6 heteroatoms. The Morgan fingerprint density at radius 2 is 1.96 bits per heavy atom. The number of carbonyl (C=O) groups is 2. The molecule has 0 unspecified atom stereocenters. The standard InChI is InChI=1S/C18H24N2O4/c1-24-15-8-4-13(5-9-15)11-20(14-6-7-14)17(21)12-19-10-2-3-16(19)18(22)23/h4-5,8-9,14,16H,2-3,6-7,10-12H2,1H3,(H,22,23)/t16-/m1/s1. The summed E-state index contributed by atoms with van der Waals surface area (Å²) < 4.78 is 5.16. The van der Waals surface area contributed by atoms with E-state index in [1.54, 1.807) is 12.0 Å². The van der Waals surface area contributed by atoms with E-state index in [-0.39, 0.29) is 12.5 Å². The van der Waals surface area contributed by atoms with Crippen LogP contribution in [0.25, 0.3) is 0 Å². The molecule has 24 heavy (non-hydrogen) atoms. The van der Waals surface area contributed by atoms with Gasteiger partial charge in [-0.25, -0.2) is 0 Å². The molecule has 1 amide bonds. The Balaban J connectivity index is 1.64. The number of benzene rings is 1. The topological polar surface area (TPSA) is 70.1 Å². The number of likely N-dealkylation sites (tertiary alicyclic amines) is 1. The Labute approximate surface area is 142 Å². The highest BCUT2D eigenvalue weighted by Gasteiger charge is 2.36. The van der Waals surface area contributed by atoms with Crippen LogP contribution in [0.4, 0.5) is 0 Å². The van der Waals surface area contributed by atoms with Crippen LogP contribution in [0.5, 0.6) is 5.75 Å². The van der Waals surface area contributed by atoms with E-state index in [0.29, 0.717) is 25.6 Å². The van der Waals surface area contributed by atoms with Gasteiger partial charge < -0.3 is 14.7 Å². The number of hydrogen-bond donors (Lipinski definition) is 1. The number of nitrogens with zero attached hydrogens (tertiary/aromatic N) is 2. The highest BCUT2D eigenvalue weighted by atomic mass is 16.5. The molecular formula is C18H24N2O4. The molecule has 2 aliphatic rings. The molecule has 1 aliphatic carbocycles. The van der Waals surface area contributed by atoms with Crippen molar-refractivity contribution in [2.45, 2.75) is 44.3 Å². The zero-order valence-electron chi connectivity index (χ0n) is 14.0. The van der Waals surface area contributed by atoms with E-state index < -0.39 is 12.0 Å². The molecule has 3 rings (SSSR count). The predicted molar refractivity (Wildman–Crippen MR) is 88.8 cm³/mol. The van der Waals surface area contributed by atoms with Crippen molar-refractivity contribution in [2.75, 3.05) is 20.2 Å². The number of methoxy groups -OCH3 is 1. The third-order valence-corrected chi connectivity index (χ3v) is 4.81. The number of carboxylic acids is 1. The predicted octanol–water partition coefficient (Wildman–Crippen LogP) is 1.74. The third-order valence-electron chi connectivity index (χ3n) is 4.81. The molecule has 1 saturated heterocycles. The van der Waals surface area contributed by atoms with Crippen molar-refractivity contribution >= 4 is 11.9 Å². The lowest BCUT2D eigenvalue weighted by atomic mass is 10.2. The summed E-state index contributed by atoms with van der Waals surface area (Å²) in [6.45, 7) is 1.45. The van der Waals surface area contributed by atoms with E-state index in [9.17, 15) is 14.7 Å². The molecule has 1 atom stereocenters. The molecule has 0 bridgehead atoms. The fraction of sp³-hybridized carbons (Fsp3) is 0.556. The van der Waals surface area contributed by atoms with Crippen molar-refractivity contribution < 1.29 is 19.4 Å². The first-order valence-electron chi connectivity index (χ1n) is 8.47. The summed E-state index contributed by atoms with van der Waals surface area (Å²) in [4.78, 5) is 27.7. The number of carboxylic acid groups (broad SMARTS) is 1. The highest BCUT2D eigenvalue weighted by Crippen LogP contribution is 2.29. The molecule has 130 valence electrons. The van der Waals surface area contributed by atoms with Gasteiger partial charge in [-0.05, 0) is 49.9 Å². The monoisotopic (exact) mass is 332 g/mol. The second-order valence-electron chi connectivity index (χ2n) is 6.57. The van der Waals surface area contributed by atoms with E-state index in [1.165, 1.54) is 0 Å². The molecule has 2 fully saturated rings. The maximum atomic E-state index is 12.7. The van der Waals surface area contributed by atoms with Gasteiger partial charge in [-0.2, -0.15) is 0 Å². The summed E-state index contributed by atoms with van der Waals surface area (Å²) in [6, 6.07) is 7.51. The molecular weight excluding hydrogens is 308 g/mol. The maximum Gasteiger partial charge on any atom is 0.320 e. The molecule has 1 heterocycles. The van der Waals surface area contributed by atoms with Gasteiger partial charge in [0.15, 0.2) is 0 Å². The van der Waals surface area contributed by atoms with Gasteiger partial charge in [0.2, 0.25) is 5.91 Å². The quantitative estimate of drug-likeness (QED) is 0.823. The average Bonchev–Trinajstić information content (AvgIpc) is 3.31. The number of hydrogen-bond acceptors (Lipinski definition) is 4. The fourth-order valence-electron chi connectivity index (χ4n) is 3.29. The fourth-order valence-corrected chi connectivity index (χ4v) is 3.29. The van der Waals surface area contributed by atoms with Crippen LogP contribution >= 0.6 is 0 Å². The third kappa shape index (κ3) is 3.87. The largest absolute Gasteiger partial charge is 0.497 e. The summed E-state index contributed by atoms with van der Waals surface area (Å²) in [5.41, 5.74) is 1.06. The van der Waals surface area contributed by atoms with Crippen LogP contribution in [0.2, 0.25) is 0 Å². The van der Waals surface area contributed by atoms with Crippen LogP contribution in [0.15, 0.2) is 24.3 Å². The van der Waals surface area contributed by atoms with Crippen molar-refractivity contribution in [1.29, 1.82) is 0 Å². The van der Waals surface area contributed by atoms with Gasteiger partial charge in [-0.3, -0.25) is 14.5 Å². The minimum absolute atomic E-state index is 0.0291. The molecule has 1 saturated carbocycles. The van der Waals surface area contributed by atoms with E-state index >= 15 is 0 Å². The molecule has 1 N–H and O–H groups in total. The van der Waals surface area contributed by atoms with Crippen molar-refractivity contribution in [3.8, 4) is 5.75 Å². The lowest BCUT2D eigenvalue weighted by Crippen LogP contribution is -2.45. The Bertz CT molecular complexity index is 598. The molecule has 1 aromatic rings. The summed E-state index contributed by atoms with van der Waals surface area (Å²) in [7, 11) is 1.63. The second kappa shape index (κ2) is 7.21. The number of ether oxygens (including phenoxy) is 1. The molecule has 0 aromatic heterocycles. The van der Waals surface area contributed by atoms with Crippen molar-refractivity contribution in [3.05, 3.63) is 29.8 Å². The lowest BCUT2D eigenvalue weighted by molar-refractivity contribution is -0.143. The van der Waals surface area contributed by atoms with Gasteiger partial charge in [0.05, 0.1) is 13.7 Å². The van der Waals surface area contributed by atoms with Crippen LogP contribution in [0.3, 0.4) is 0 Å². The van der Waals surface area contributed by atoms with Crippen LogP contribution in [-0.4, -0.2) is 59.1 Å². The Kier molecular flexibility index (Phi) is 5.04. The minimum atomic E-state index is -0.826. The summed E-state index contributed by atoms with van der Waals surface area (Å²) in [5.74, 6) is -0.000639. The van der Waals surface area contributed by atoms with Crippen LogP contribution in [-0.2, 0) is 16.1 Å². The maximum absolute atomic E-state index is 12.7. The zero-order valence-corrected chi connectivity index (χ0v) is 14.0. The van der Waals surface area contributed by atoms with Crippen molar-refractivity contribution in [1.82, 2.24) is 9.80 Å². The van der Waals surface area contributed by atoms with Crippen LogP contribution in [0, 0.1) is 0 Å².